The molecule has 0 aliphatic carbocycles. The van der Waals surface area contributed by atoms with E-state index in [1.54, 1.807) is 14.2 Å². The molecule has 1 saturated heterocycles. The number of hydrogen-bond acceptors (Lipinski definition) is 3. The van der Waals surface area contributed by atoms with Crippen LogP contribution in [-0.4, -0.2) is 31.6 Å². The molecule has 1 aliphatic heterocycles. The first-order chi connectivity index (χ1) is 12.6. The van der Waals surface area contributed by atoms with E-state index in [9.17, 15) is 4.79 Å². The van der Waals surface area contributed by atoms with Crippen molar-refractivity contribution < 1.29 is 14.3 Å². The molecule has 1 atom stereocenters. The molecule has 138 valence electrons. The van der Waals surface area contributed by atoms with Gasteiger partial charge in [0.2, 0.25) is 5.91 Å². The molecule has 0 N–H and O–H groups in total. The predicted molar refractivity (Wildman–Crippen MR) is 103 cm³/mol. The van der Waals surface area contributed by atoms with Crippen molar-refractivity contribution >= 4 is 5.91 Å². The molecule has 1 fully saturated rings. The van der Waals surface area contributed by atoms with E-state index in [1.165, 1.54) is 11.1 Å². The molecular formula is C22H27NO3. The molecule has 3 rings (SSSR count). The van der Waals surface area contributed by atoms with Crippen molar-refractivity contribution in [3.8, 4) is 11.5 Å². The standard InChI is InChI=1S/C22H27NO3/c1-4-16-5-8-18(9-6-16)19-11-12-23(22(24)14-19)15-17-7-10-20(25-2)21(13-17)26-3/h5-10,13,19H,4,11-12,14-15H2,1-3H3. The SMILES string of the molecule is CCc1ccc(C2CCN(Cc3ccc(OC)c(OC)c3)C(=O)C2)cc1. The van der Waals surface area contributed by atoms with Gasteiger partial charge in [-0.3, -0.25) is 4.79 Å². The van der Waals surface area contributed by atoms with Crippen molar-refractivity contribution in [1.29, 1.82) is 0 Å². The van der Waals surface area contributed by atoms with Crippen LogP contribution in [0.3, 0.4) is 0 Å². The molecule has 1 unspecified atom stereocenters. The second-order valence-electron chi connectivity index (χ2n) is 6.79. The predicted octanol–water partition coefficient (Wildman–Crippen LogP) is 4.17. The van der Waals surface area contributed by atoms with Crippen LogP contribution >= 0.6 is 0 Å². The van der Waals surface area contributed by atoms with E-state index in [0.717, 1.165) is 24.9 Å². The second-order valence-corrected chi connectivity index (χ2v) is 6.79. The molecule has 4 heteroatoms. The quantitative estimate of drug-likeness (QED) is 0.782. The first-order valence-corrected chi connectivity index (χ1v) is 9.22. The fourth-order valence-corrected chi connectivity index (χ4v) is 3.55. The number of carbonyl (C=O) groups excluding carboxylic acids is 1. The fraction of sp³-hybridized carbons (Fsp3) is 0.409. The summed E-state index contributed by atoms with van der Waals surface area (Å²) in [5, 5.41) is 0. The lowest BCUT2D eigenvalue weighted by molar-refractivity contribution is -0.134. The Bertz CT molecular complexity index is 754. The number of piperidine rings is 1. The number of ether oxygens (including phenoxy) is 2. The Morgan fingerprint density at radius 2 is 1.69 bits per heavy atom. The minimum Gasteiger partial charge on any atom is -0.493 e. The Morgan fingerprint density at radius 1 is 1.00 bits per heavy atom. The molecule has 1 amide bonds. The topological polar surface area (TPSA) is 38.8 Å². The molecule has 26 heavy (non-hydrogen) atoms. The normalized spacial score (nSPS) is 17.3. The molecule has 0 bridgehead atoms. The van der Waals surface area contributed by atoms with Crippen LogP contribution in [0.1, 0.15) is 42.4 Å². The fourth-order valence-electron chi connectivity index (χ4n) is 3.55. The zero-order valence-electron chi connectivity index (χ0n) is 15.8. The largest absolute Gasteiger partial charge is 0.493 e. The molecular weight excluding hydrogens is 326 g/mol. The van der Waals surface area contributed by atoms with Crippen molar-refractivity contribution in [2.45, 2.75) is 38.6 Å². The van der Waals surface area contributed by atoms with Crippen LogP contribution in [-0.2, 0) is 17.8 Å². The van der Waals surface area contributed by atoms with Gasteiger partial charge in [-0.1, -0.05) is 37.3 Å². The lowest BCUT2D eigenvalue weighted by Crippen LogP contribution is -2.37. The summed E-state index contributed by atoms with van der Waals surface area (Å²) >= 11 is 0. The maximum Gasteiger partial charge on any atom is 0.223 e. The Morgan fingerprint density at radius 3 is 2.31 bits per heavy atom. The third-order valence-corrected chi connectivity index (χ3v) is 5.20. The van der Waals surface area contributed by atoms with E-state index in [-0.39, 0.29) is 5.91 Å². The molecule has 2 aromatic rings. The number of methoxy groups -OCH3 is 2. The van der Waals surface area contributed by atoms with Gasteiger partial charge >= 0.3 is 0 Å². The van der Waals surface area contributed by atoms with Crippen molar-refractivity contribution in [1.82, 2.24) is 4.90 Å². The van der Waals surface area contributed by atoms with Crippen molar-refractivity contribution in [2.24, 2.45) is 0 Å². The van der Waals surface area contributed by atoms with Gasteiger partial charge in [-0.15, -0.1) is 0 Å². The van der Waals surface area contributed by atoms with Crippen LogP contribution in [0.5, 0.6) is 11.5 Å². The highest BCUT2D eigenvalue weighted by Crippen LogP contribution is 2.31. The van der Waals surface area contributed by atoms with Gasteiger partial charge < -0.3 is 14.4 Å². The van der Waals surface area contributed by atoms with Crippen LogP contribution < -0.4 is 9.47 Å². The molecule has 2 aromatic carbocycles. The number of rotatable bonds is 6. The summed E-state index contributed by atoms with van der Waals surface area (Å²) in [5.74, 6) is 1.95. The minimum absolute atomic E-state index is 0.218. The Labute approximate surface area is 155 Å². The van der Waals surface area contributed by atoms with Gasteiger partial charge in [0.1, 0.15) is 0 Å². The van der Waals surface area contributed by atoms with E-state index >= 15 is 0 Å². The van der Waals surface area contributed by atoms with Gasteiger partial charge in [0.15, 0.2) is 11.5 Å². The summed E-state index contributed by atoms with van der Waals surface area (Å²) < 4.78 is 10.6. The van der Waals surface area contributed by atoms with Gasteiger partial charge in [0.25, 0.3) is 0 Å². The van der Waals surface area contributed by atoms with Gasteiger partial charge in [0.05, 0.1) is 14.2 Å². The highest BCUT2D eigenvalue weighted by molar-refractivity contribution is 5.78. The third-order valence-electron chi connectivity index (χ3n) is 5.20. The maximum atomic E-state index is 12.7. The summed E-state index contributed by atoms with van der Waals surface area (Å²) in [5.41, 5.74) is 3.68. The monoisotopic (exact) mass is 353 g/mol. The number of hydrogen-bond donors (Lipinski definition) is 0. The Kier molecular flexibility index (Phi) is 5.82. The van der Waals surface area contributed by atoms with E-state index in [0.29, 0.717) is 30.4 Å². The average molecular weight is 353 g/mol. The van der Waals surface area contributed by atoms with Gasteiger partial charge in [-0.2, -0.15) is 0 Å². The highest BCUT2D eigenvalue weighted by Gasteiger charge is 2.27. The van der Waals surface area contributed by atoms with Gasteiger partial charge in [-0.05, 0) is 47.6 Å². The number of benzene rings is 2. The zero-order chi connectivity index (χ0) is 18.5. The molecule has 1 aliphatic rings. The smallest absolute Gasteiger partial charge is 0.223 e. The van der Waals surface area contributed by atoms with E-state index in [2.05, 4.69) is 31.2 Å². The van der Waals surface area contributed by atoms with E-state index in [1.807, 2.05) is 23.1 Å². The van der Waals surface area contributed by atoms with Crippen LogP contribution in [0, 0.1) is 0 Å². The van der Waals surface area contributed by atoms with Gasteiger partial charge in [0, 0.05) is 19.5 Å². The number of nitrogens with zero attached hydrogens (tertiary/aromatic N) is 1. The summed E-state index contributed by atoms with van der Waals surface area (Å²) in [6.07, 6.45) is 2.63. The molecule has 0 saturated carbocycles. The molecule has 4 nitrogen and oxygen atoms in total. The van der Waals surface area contributed by atoms with Crippen LogP contribution in [0.15, 0.2) is 42.5 Å². The lowest BCUT2D eigenvalue weighted by atomic mass is 9.88. The van der Waals surface area contributed by atoms with Crippen molar-refractivity contribution in [3.63, 3.8) is 0 Å². The van der Waals surface area contributed by atoms with E-state index < -0.39 is 0 Å². The van der Waals surface area contributed by atoms with Crippen LogP contribution in [0.2, 0.25) is 0 Å². The summed E-state index contributed by atoms with van der Waals surface area (Å²) in [4.78, 5) is 14.6. The van der Waals surface area contributed by atoms with Gasteiger partial charge in [-0.25, -0.2) is 0 Å². The number of aryl methyl sites for hydroxylation is 1. The minimum atomic E-state index is 0.218. The Balaban J connectivity index is 1.64. The first-order valence-electron chi connectivity index (χ1n) is 9.22. The number of carbonyl (C=O) groups is 1. The number of likely N-dealkylation sites (tertiary alicyclic amines) is 1. The zero-order valence-corrected chi connectivity index (χ0v) is 15.8. The van der Waals surface area contributed by atoms with Crippen LogP contribution in [0.4, 0.5) is 0 Å². The third kappa shape index (κ3) is 4.01. The lowest BCUT2D eigenvalue weighted by Gasteiger charge is -2.32. The number of amides is 1. The molecule has 1 heterocycles. The maximum absolute atomic E-state index is 12.7. The molecule has 0 aromatic heterocycles. The average Bonchev–Trinajstić information content (AvgIpc) is 2.69. The van der Waals surface area contributed by atoms with E-state index in [4.69, 9.17) is 9.47 Å². The summed E-state index contributed by atoms with van der Waals surface area (Å²) in [7, 11) is 3.25. The summed E-state index contributed by atoms with van der Waals surface area (Å²) in [6, 6.07) is 14.5. The molecule has 0 spiro atoms. The van der Waals surface area contributed by atoms with Crippen molar-refractivity contribution in [2.75, 3.05) is 20.8 Å². The van der Waals surface area contributed by atoms with Crippen molar-refractivity contribution in [3.05, 3.63) is 59.2 Å². The van der Waals surface area contributed by atoms with Crippen LogP contribution in [0.25, 0.3) is 0 Å². The Hall–Kier alpha value is -2.49. The summed E-state index contributed by atoms with van der Waals surface area (Å²) in [6.45, 7) is 3.55. The first kappa shape index (κ1) is 18.3. The highest BCUT2D eigenvalue weighted by atomic mass is 16.5. The molecule has 0 radical (unpaired) electrons. The second kappa shape index (κ2) is 8.26.